The van der Waals surface area contributed by atoms with Crippen LogP contribution >= 0.6 is 0 Å². The molecule has 2 atom stereocenters. The van der Waals surface area contributed by atoms with Gasteiger partial charge < -0.3 is 24.9 Å². The summed E-state index contributed by atoms with van der Waals surface area (Å²) >= 11 is 0. The van der Waals surface area contributed by atoms with Crippen LogP contribution in [-0.4, -0.2) is 21.8 Å². The number of nitrogens with zero attached hydrogens (tertiary/aromatic N) is 3. The van der Waals surface area contributed by atoms with Crippen molar-refractivity contribution >= 4 is 62.8 Å². The fourth-order valence-electron chi connectivity index (χ4n) is 7.28. The minimum atomic E-state index is -1.28. The molecule has 0 aliphatic rings. The van der Waals surface area contributed by atoms with Gasteiger partial charge >= 0.3 is 0 Å². The van der Waals surface area contributed by atoms with Crippen molar-refractivity contribution < 1.29 is 19.8 Å². The zero-order valence-electron chi connectivity index (χ0n) is 33.9. The molecule has 0 aliphatic heterocycles. The molecule has 7 heteroatoms. The van der Waals surface area contributed by atoms with Crippen LogP contribution in [0.25, 0.3) is 0 Å². The highest BCUT2D eigenvalue weighted by Gasteiger charge is 2.22. The summed E-state index contributed by atoms with van der Waals surface area (Å²) in [6.45, 7) is 13.3. The number of aryl methyl sites for hydroxylation is 3. The number of hydrogen-bond donors (Lipinski definition) is 2. The van der Waals surface area contributed by atoms with Crippen LogP contribution in [0.5, 0.6) is 0 Å². The predicted molar refractivity (Wildman–Crippen MR) is 245 cm³/mol. The normalized spacial score (nSPS) is 11.9. The molecule has 0 amide bonds. The zero-order valence-corrected chi connectivity index (χ0v) is 33.9. The van der Waals surface area contributed by atoms with Gasteiger partial charge in [0.05, 0.1) is 0 Å². The van der Waals surface area contributed by atoms with Crippen molar-refractivity contribution in [3.05, 3.63) is 223 Å². The van der Waals surface area contributed by atoms with Gasteiger partial charge in [0.2, 0.25) is 0 Å². The van der Waals surface area contributed by atoms with Crippen molar-refractivity contribution in [3.63, 3.8) is 0 Å². The summed E-state index contributed by atoms with van der Waals surface area (Å²) in [4.78, 5) is 31.0. The van der Waals surface area contributed by atoms with Crippen LogP contribution in [0.3, 0.4) is 0 Å². The highest BCUT2D eigenvalue weighted by Crippen LogP contribution is 2.43. The maximum absolute atomic E-state index is 12.2. The second-order valence-electron chi connectivity index (χ2n) is 14.8. The summed E-state index contributed by atoms with van der Waals surface area (Å²) in [5, 5.41) is 21.2. The molecule has 0 saturated heterocycles. The molecule has 2 unspecified atom stereocenters. The SMILES string of the molecule is C=CC(=O)C(O)c1ccc(N(c2cccc(C)c2)c2cccc(N(c3ccc(C)cc3)c3cccc(N(c4ccc(C(O)C(=O)C=C)cc4)c4cccc(C)c4)c3)c2)cc1. The van der Waals surface area contributed by atoms with Crippen LogP contribution in [0.2, 0.25) is 0 Å². The van der Waals surface area contributed by atoms with Gasteiger partial charge in [-0.3, -0.25) is 9.59 Å². The van der Waals surface area contributed by atoms with E-state index in [4.69, 9.17) is 0 Å². The van der Waals surface area contributed by atoms with E-state index in [2.05, 4.69) is 146 Å². The molecule has 0 bridgehead atoms. The molecule has 0 spiro atoms. The molecule has 7 nitrogen and oxygen atoms in total. The van der Waals surface area contributed by atoms with Crippen molar-refractivity contribution in [1.82, 2.24) is 0 Å². The minimum absolute atomic E-state index is 0.456. The Balaban J connectivity index is 1.35. The zero-order chi connectivity index (χ0) is 42.3. The first-order valence-corrected chi connectivity index (χ1v) is 19.7. The smallest absolute Gasteiger partial charge is 0.188 e. The first-order valence-electron chi connectivity index (χ1n) is 19.7. The third-order valence-corrected chi connectivity index (χ3v) is 10.4. The number of rotatable bonds is 15. The van der Waals surface area contributed by atoms with Gasteiger partial charge in [-0.2, -0.15) is 0 Å². The standard InChI is InChI=1S/C53H47N3O4/c1-6-50(57)52(59)39-22-28-42(29-23-39)54(44-14-8-12-37(4)32-44)46-16-10-18-48(34-46)56(41-26-20-36(3)21-27-41)49-19-11-17-47(35-49)55(45-15-9-13-38(5)33-45)43-30-24-40(25-31-43)53(60)51(58)7-2/h6-35,52-53,59-60H,1-2H2,3-5H3. The number of benzene rings is 7. The maximum atomic E-state index is 12.2. The van der Waals surface area contributed by atoms with Crippen molar-refractivity contribution in [2.45, 2.75) is 33.0 Å². The topological polar surface area (TPSA) is 84.3 Å². The van der Waals surface area contributed by atoms with Gasteiger partial charge in [0.25, 0.3) is 0 Å². The summed E-state index contributed by atoms with van der Waals surface area (Å²) in [5.41, 5.74) is 12.5. The lowest BCUT2D eigenvalue weighted by molar-refractivity contribution is -0.123. The first-order chi connectivity index (χ1) is 29.0. The van der Waals surface area contributed by atoms with Crippen LogP contribution in [0.15, 0.2) is 195 Å². The molecular weight excluding hydrogens is 743 g/mol. The van der Waals surface area contributed by atoms with Crippen LogP contribution in [0.1, 0.15) is 40.0 Å². The van der Waals surface area contributed by atoms with Crippen molar-refractivity contribution in [3.8, 4) is 0 Å². The molecule has 7 aromatic carbocycles. The van der Waals surface area contributed by atoms with E-state index >= 15 is 0 Å². The number of anilines is 9. The minimum Gasteiger partial charge on any atom is -0.380 e. The van der Waals surface area contributed by atoms with E-state index in [1.165, 1.54) is 0 Å². The molecule has 0 aliphatic carbocycles. The molecule has 0 heterocycles. The van der Waals surface area contributed by atoms with Gasteiger partial charge in [-0.05, 0) is 152 Å². The fourth-order valence-corrected chi connectivity index (χ4v) is 7.28. The van der Waals surface area contributed by atoms with Crippen LogP contribution in [-0.2, 0) is 9.59 Å². The van der Waals surface area contributed by atoms with Crippen LogP contribution in [0.4, 0.5) is 51.2 Å². The highest BCUT2D eigenvalue weighted by molar-refractivity contribution is 5.94. The van der Waals surface area contributed by atoms with E-state index in [-0.39, 0.29) is 0 Å². The third-order valence-electron chi connectivity index (χ3n) is 10.4. The van der Waals surface area contributed by atoms with Crippen molar-refractivity contribution in [2.24, 2.45) is 0 Å². The maximum Gasteiger partial charge on any atom is 0.188 e. The molecule has 7 rings (SSSR count). The summed E-state index contributed by atoms with van der Waals surface area (Å²) < 4.78 is 0. The average molecular weight is 790 g/mol. The lowest BCUT2D eigenvalue weighted by Gasteiger charge is -2.31. The lowest BCUT2D eigenvalue weighted by Crippen LogP contribution is -2.15. The molecule has 60 heavy (non-hydrogen) atoms. The van der Waals surface area contributed by atoms with E-state index < -0.39 is 23.8 Å². The predicted octanol–water partition coefficient (Wildman–Crippen LogP) is 12.6. The van der Waals surface area contributed by atoms with Gasteiger partial charge in [-0.1, -0.05) is 91.5 Å². The number of ketones is 2. The van der Waals surface area contributed by atoms with Crippen LogP contribution in [0, 0.1) is 20.8 Å². The van der Waals surface area contributed by atoms with Gasteiger partial charge in [0, 0.05) is 51.2 Å². The van der Waals surface area contributed by atoms with Gasteiger partial charge in [0.1, 0.15) is 12.2 Å². The fraction of sp³-hybridized carbons (Fsp3) is 0.0943. The van der Waals surface area contributed by atoms with Gasteiger partial charge in [0.15, 0.2) is 11.6 Å². The van der Waals surface area contributed by atoms with Crippen molar-refractivity contribution in [2.75, 3.05) is 14.7 Å². The highest BCUT2D eigenvalue weighted by atomic mass is 16.3. The number of aliphatic hydroxyl groups is 2. The monoisotopic (exact) mass is 789 g/mol. The summed E-state index contributed by atoms with van der Waals surface area (Å²) in [5.74, 6) is -0.911. The Hall–Kier alpha value is -7.32. The Morgan fingerprint density at radius 1 is 0.400 bits per heavy atom. The largest absolute Gasteiger partial charge is 0.380 e. The molecule has 0 fully saturated rings. The second kappa shape index (κ2) is 18.1. The first kappa shape index (κ1) is 40.9. The Morgan fingerprint density at radius 3 is 0.983 bits per heavy atom. The number of carbonyl (C=O) groups is 2. The number of aliphatic hydroxyl groups excluding tert-OH is 2. The molecular formula is C53H47N3O4. The molecule has 0 saturated carbocycles. The van der Waals surface area contributed by atoms with Crippen molar-refractivity contribution in [1.29, 1.82) is 0 Å². The Kier molecular flexibility index (Phi) is 12.3. The van der Waals surface area contributed by atoms with Gasteiger partial charge in [-0.15, -0.1) is 0 Å². The second-order valence-corrected chi connectivity index (χ2v) is 14.8. The lowest BCUT2D eigenvalue weighted by atomic mass is 10.0. The summed E-state index contributed by atoms with van der Waals surface area (Å²) in [6, 6.07) is 56.5. The van der Waals surface area contributed by atoms with E-state index in [0.717, 1.165) is 80.0 Å². The molecule has 0 radical (unpaired) electrons. The van der Waals surface area contributed by atoms with E-state index in [9.17, 15) is 19.8 Å². The Bertz CT molecular complexity index is 2490. The molecule has 0 aromatic heterocycles. The average Bonchev–Trinajstić information content (AvgIpc) is 3.27. The van der Waals surface area contributed by atoms with Crippen LogP contribution < -0.4 is 14.7 Å². The molecule has 7 aromatic rings. The molecule has 2 N–H and O–H groups in total. The van der Waals surface area contributed by atoms with E-state index in [1.807, 2.05) is 48.5 Å². The molecule has 298 valence electrons. The summed E-state index contributed by atoms with van der Waals surface area (Å²) in [7, 11) is 0. The van der Waals surface area contributed by atoms with Gasteiger partial charge in [-0.25, -0.2) is 0 Å². The summed E-state index contributed by atoms with van der Waals surface area (Å²) in [6.07, 6.45) is -0.295. The Labute approximate surface area is 352 Å². The van der Waals surface area contributed by atoms with E-state index in [1.54, 1.807) is 24.3 Å². The quantitative estimate of drug-likeness (QED) is 0.100. The third kappa shape index (κ3) is 8.88. The Morgan fingerprint density at radius 2 is 0.683 bits per heavy atom. The number of hydrogen-bond acceptors (Lipinski definition) is 7. The number of carbonyl (C=O) groups excluding carboxylic acids is 2. The van der Waals surface area contributed by atoms with E-state index in [0.29, 0.717) is 11.1 Å².